The maximum Gasteiger partial charge on any atom is 0.114 e. The number of alkyl halides is 1. The third-order valence-electron chi connectivity index (χ3n) is 4.39. The Morgan fingerprint density at radius 3 is 2.95 bits per heavy atom. The molecule has 0 aromatic carbocycles. The van der Waals surface area contributed by atoms with Crippen LogP contribution in [0.25, 0.3) is 0 Å². The number of nitrogens with zero attached hydrogens (tertiary/aromatic N) is 2. The van der Waals surface area contributed by atoms with E-state index in [9.17, 15) is 4.39 Å². The number of hydrogen-bond donors (Lipinski definition) is 0. The normalized spacial score (nSPS) is 27.3. The predicted molar refractivity (Wildman–Crippen MR) is 76.6 cm³/mol. The topological polar surface area (TPSA) is 25.4 Å². The molecule has 0 spiro atoms. The minimum Gasteiger partial charge on any atom is -0.381 e. The van der Waals surface area contributed by atoms with Crippen molar-refractivity contribution in [1.29, 1.82) is 0 Å². The molecule has 2 aliphatic heterocycles. The van der Waals surface area contributed by atoms with Gasteiger partial charge in [0, 0.05) is 37.9 Å². The zero-order valence-corrected chi connectivity index (χ0v) is 12.1. The summed E-state index contributed by atoms with van der Waals surface area (Å²) in [5.74, 6) is 0.465. The van der Waals surface area contributed by atoms with E-state index in [1.807, 2.05) is 0 Å². The maximum atomic E-state index is 13.3. The smallest absolute Gasteiger partial charge is 0.114 e. The van der Waals surface area contributed by atoms with Crippen molar-refractivity contribution < 1.29 is 9.13 Å². The van der Waals surface area contributed by atoms with Crippen molar-refractivity contribution in [2.75, 3.05) is 26.3 Å². The molecule has 0 bridgehead atoms. The number of aryl methyl sites for hydroxylation is 1. The van der Waals surface area contributed by atoms with E-state index in [0.29, 0.717) is 18.9 Å². The molecule has 110 valence electrons. The fourth-order valence-corrected chi connectivity index (χ4v) is 3.17. The van der Waals surface area contributed by atoms with Gasteiger partial charge in [-0.05, 0) is 30.9 Å². The molecule has 0 amide bonds. The SMILES string of the molecule is CCc1ccc([C@H]2CCOC2)c(CN2CC[C@H](F)C2)n1. The van der Waals surface area contributed by atoms with Crippen LogP contribution in [0.3, 0.4) is 0 Å². The van der Waals surface area contributed by atoms with Gasteiger partial charge in [-0.15, -0.1) is 0 Å². The third kappa shape index (κ3) is 3.01. The molecule has 3 nitrogen and oxygen atoms in total. The van der Waals surface area contributed by atoms with Gasteiger partial charge in [0.1, 0.15) is 6.17 Å². The summed E-state index contributed by atoms with van der Waals surface area (Å²) in [5, 5.41) is 0. The standard InChI is InChI=1S/C16H23FN2O/c1-2-14-3-4-15(12-6-8-20-11-12)16(18-14)10-19-7-5-13(17)9-19/h3-4,12-13H,2,5-11H2,1H3/t12-,13-/m0/s1. The highest BCUT2D eigenvalue weighted by molar-refractivity contribution is 5.28. The molecule has 2 atom stereocenters. The van der Waals surface area contributed by atoms with Gasteiger partial charge in [0.2, 0.25) is 0 Å². The summed E-state index contributed by atoms with van der Waals surface area (Å²) in [7, 11) is 0. The summed E-state index contributed by atoms with van der Waals surface area (Å²) in [6.45, 7) is 5.94. The van der Waals surface area contributed by atoms with Crippen molar-refractivity contribution in [2.24, 2.45) is 0 Å². The van der Waals surface area contributed by atoms with E-state index >= 15 is 0 Å². The number of likely N-dealkylation sites (tertiary alicyclic amines) is 1. The largest absolute Gasteiger partial charge is 0.381 e. The minimum atomic E-state index is -0.664. The fourth-order valence-electron chi connectivity index (χ4n) is 3.17. The molecule has 0 aliphatic carbocycles. The summed E-state index contributed by atoms with van der Waals surface area (Å²) >= 11 is 0. The first kappa shape index (κ1) is 14.0. The van der Waals surface area contributed by atoms with Crippen molar-refractivity contribution in [2.45, 2.75) is 44.8 Å². The zero-order valence-electron chi connectivity index (χ0n) is 12.1. The molecular formula is C16H23FN2O. The highest BCUT2D eigenvalue weighted by Crippen LogP contribution is 2.29. The first-order valence-electron chi connectivity index (χ1n) is 7.69. The number of halogens is 1. The van der Waals surface area contributed by atoms with Crippen LogP contribution in [-0.4, -0.2) is 42.4 Å². The van der Waals surface area contributed by atoms with Crippen molar-refractivity contribution in [3.63, 3.8) is 0 Å². The van der Waals surface area contributed by atoms with Crippen LogP contribution in [0.15, 0.2) is 12.1 Å². The molecule has 2 aliphatic rings. The van der Waals surface area contributed by atoms with Crippen LogP contribution in [0.5, 0.6) is 0 Å². The Balaban J connectivity index is 1.81. The van der Waals surface area contributed by atoms with Crippen LogP contribution in [0.4, 0.5) is 4.39 Å². The lowest BCUT2D eigenvalue weighted by atomic mass is 9.96. The summed E-state index contributed by atoms with van der Waals surface area (Å²) in [6, 6.07) is 4.34. The number of aromatic nitrogens is 1. The molecule has 2 fully saturated rings. The van der Waals surface area contributed by atoms with Gasteiger partial charge in [-0.1, -0.05) is 13.0 Å². The van der Waals surface area contributed by atoms with Gasteiger partial charge in [-0.3, -0.25) is 9.88 Å². The molecule has 0 unspecified atom stereocenters. The first-order valence-corrected chi connectivity index (χ1v) is 7.69. The summed E-state index contributed by atoms with van der Waals surface area (Å²) in [6.07, 6.45) is 2.02. The van der Waals surface area contributed by atoms with Crippen molar-refractivity contribution >= 4 is 0 Å². The first-order chi connectivity index (χ1) is 9.76. The summed E-state index contributed by atoms with van der Waals surface area (Å²) < 4.78 is 18.8. The molecule has 3 heterocycles. The Hall–Kier alpha value is -1.00. The van der Waals surface area contributed by atoms with Crippen LogP contribution in [0.1, 0.15) is 42.6 Å². The van der Waals surface area contributed by atoms with Crippen molar-refractivity contribution in [3.8, 4) is 0 Å². The molecule has 0 radical (unpaired) electrons. The van der Waals surface area contributed by atoms with Crippen LogP contribution in [-0.2, 0) is 17.7 Å². The Bertz CT molecular complexity index is 460. The molecule has 3 rings (SSSR count). The molecule has 4 heteroatoms. The summed E-state index contributed by atoms with van der Waals surface area (Å²) in [5.41, 5.74) is 3.56. The van der Waals surface area contributed by atoms with Gasteiger partial charge in [0.15, 0.2) is 0 Å². The summed E-state index contributed by atoms with van der Waals surface area (Å²) in [4.78, 5) is 6.99. The monoisotopic (exact) mass is 278 g/mol. The molecule has 0 saturated carbocycles. The van der Waals surface area contributed by atoms with E-state index in [0.717, 1.165) is 50.5 Å². The highest BCUT2D eigenvalue weighted by atomic mass is 19.1. The molecule has 20 heavy (non-hydrogen) atoms. The van der Waals surface area contributed by atoms with Crippen LogP contribution in [0.2, 0.25) is 0 Å². The third-order valence-corrected chi connectivity index (χ3v) is 4.39. The van der Waals surface area contributed by atoms with Gasteiger partial charge in [0.25, 0.3) is 0 Å². The van der Waals surface area contributed by atoms with Gasteiger partial charge < -0.3 is 4.74 Å². The number of ether oxygens (including phenoxy) is 1. The van der Waals surface area contributed by atoms with Gasteiger partial charge in [-0.2, -0.15) is 0 Å². The molecule has 1 aromatic heterocycles. The van der Waals surface area contributed by atoms with Gasteiger partial charge in [-0.25, -0.2) is 4.39 Å². The Kier molecular flexibility index (Phi) is 4.32. The fraction of sp³-hybridized carbons (Fsp3) is 0.688. The zero-order chi connectivity index (χ0) is 13.9. The van der Waals surface area contributed by atoms with E-state index in [-0.39, 0.29) is 0 Å². The van der Waals surface area contributed by atoms with E-state index in [4.69, 9.17) is 9.72 Å². The number of rotatable bonds is 4. The van der Waals surface area contributed by atoms with E-state index in [1.54, 1.807) is 0 Å². The van der Waals surface area contributed by atoms with Gasteiger partial charge in [0.05, 0.1) is 12.3 Å². The predicted octanol–water partition coefficient (Wildman–Crippen LogP) is 2.69. The second kappa shape index (κ2) is 6.19. The van der Waals surface area contributed by atoms with Crippen LogP contribution < -0.4 is 0 Å². The lowest BCUT2D eigenvalue weighted by Crippen LogP contribution is -2.23. The molecule has 0 N–H and O–H groups in total. The van der Waals surface area contributed by atoms with Gasteiger partial charge >= 0.3 is 0 Å². The quantitative estimate of drug-likeness (QED) is 0.846. The van der Waals surface area contributed by atoms with E-state index in [2.05, 4.69) is 24.0 Å². The average Bonchev–Trinajstić information content (AvgIpc) is 3.10. The van der Waals surface area contributed by atoms with Crippen LogP contribution >= 0.6 is 0 Å². The maximum absolute atomic E-state index is 13.3. The van der Waals surface area contributed by atoms with Crippen LogP contribution in [0, 0.1) is 0 Å². The molecule has 2 saturated heterocycles. The van der Waals surface area contributed by atoms with E-state index < -0.39 is 6.17 Å². The second-order valence-electron chi connectivity index (χ2n) is 5.87. The molecule has 1 aromatic rings. The lowest BCUT2D eigenvalue weighted by Gasteiger charge is -2.19. The second-order valence-corrected chi connectivity index (χ2v) is 5.87. The molecular weight excluding hydrogens is 255 g/mol. The van der Waals surface area contributed by atoms with E-state index in [1.165, 1.54) is 5.56 Å². The lowest BCUT2D eigenvalue weighted by molar-refractivity contribution is 0.193. The minimum absolute atomic E-state index is 0.465. The Morgan fingerprint density at radius 2 is 2.30 bits per heavy atom. The Morgan fingerprint density at radius 1 is 1.40 bits per heavy atom. The van der Waals surface area contributed by atoms with Crippen molar-refractivity contribution in [3.05, 3.63) is 29.1 Å². The van der Waals surface area contributed by atoms with Crippen molar-refractivity contribution in [1.82, 2.24) is 9.88 Å². The number of hydrogen-bond acceptors (Lipinski definition) is 3. The average molecular weight is 278 g/mol. The Labute approximate surface area is 120 Å². The number of pyridine rings is 1. The highest BCUT2D eigenvalue weighted by Gasteiger charge is 2.26.